The van der Waals surface area contributed by atoms with Crippen molar-refractivity contribution in [3.05, 3.63) is 64.7 Å². The average molecular weight is 332 g/mol. The molecule has 0 amide bonds. The van der Waals surface area contributed by atoms with E-state index < -0.39 is 0 Å². The van der Waals surface area contributed by atoms with E-state index in [2.05, 4.69) is 0 Å². The van der Waals surface area contributed by atoms with E-state index >= 15 is 0 Å². The van der Waals surface area contributed by atoms with Crippen LogP contribution < -0.4 is 0 Å². The first-order chi connectivity index (χ1) is 10.6. The molecular formula is C17H14ClNO2S. The highest BCUT2D eigenvalue weighted by Gasteiger charge is 2.16. The standard InChI is InChI=1S/C17H14ClNO2S/c1-12(22-16-8-6-15(18)7-9-16)17(20)21-11-14-4-2-13(10-19)3-5-14/h2-9,12H,11H2,1H3/t12-/m1/s1. The third-order valence-corrected chi connectivity index (χ3v) is 4.26. The topological polar surface area (TPSA) is 50.1 Å². The average Bonchev–Trinajstić information content (AvgIpc) is 2.55. The summed E-state index contributed by atoms with van der Waals surface area (Å²) < 4.78 is 5.29. The number of esters is 1. The van der Waals surface area contributed by atoms with E-state index in [1.54, 1.807) is 43.3 Å². The predicted octanol–water partition coefficient (Wildman–Crippen LogP) is 4.44. The Kier molecular flexibility index (Phi) is 5.88. The number of thioether (sulfide) groups is 1. The van der Waals surface area contributed by atoms with Gasteiger partial charge in [-0.15, -0.1) is 11.8 Å². The Morgan fingerprint density at radius 2 is 1.86 bits per heavy atom. The molecular weight excluding hydrogens is 318 g/mol. The SMILES string of the molecule is C[C@@H](Sc1ccc(Cl)cc1)C(=O)OCc1ccc(C#N)cc1. The first-order valence-electron chi connectivity index (χ1n) is 6.66. The third-order valence-electron chi connectivity index (χ3n) is 2.92. The van der Waals surface area contributed by atoms with Crippen LogP contribution in [0.25, 0.3) is 0 Å². The van der Waals surface area contributed by atoms with E-state index in [1.165, 1.54) is 11.8 Å². The van der Waals surface area contributed by atoms with Gasteiger partial charge in [-0.25, -0.2) is 0 Å². The Labute approximate surface area is 138 Å². The van der Waals surface area contributed by atoms with Crippen LogP contribution in [0.2, 0.25) is 5.02 Å². The minimum Gasteiger partial charge on any atom is -0.460 e. The van der Waals surface area contributed by atoms with Crippen molar-refractivity contribution in [2.24, 2.45) is 0 Å². The van der Waals surface area contributed by atoms with E-state index in [1.807, 2.05) is 18.2 Å². The number of rotatable bonds is 5. The number of hydrogen-bond donors (Lipinski definition) is 0. The van der Waals surface area contributed by atoms with Gasteiger partial charge in [0.15, 0.2) is 0 Å². The second-order valence-electron chi connectivity index (χ2n) is 4.63. The number of benzene rings is 2. The largest absolute Gasteiger partial charge is 0.460 e. The molecule has 0 heterocycles. The zero-order valence-electron chi connectivity index (χ0n) is 12.0. The van der Waals surface area contributed by atoms with E-state index in [0.29, 0.717) is 10.6 Å². The third kappa shape index (κ3) is 4.80. The minimum atomic E-state index is -0.306. The van der Waals surface area contributed by atoms with Crippen LogP contribution >= 0.6 is 23.4 Å². The van der Waals surface area contributed by atoms with Gasteiger partial charge >= 0.3 is 5.97 Å². The van der Waals surface area contributed by atoms with Crippen LogP contribution in [0.1, 0.15) is 18.1 Å². The van der Waals surface area contributed by atoms with Crippen LogP contribution in [0.5, 0.6) is 0 Å². The Hall–Kier alpha value is -1.96. The summed E-state index contributed by atoms with van der Waals surface area (Å²) in [6, 6.07) is 16.3. The summed E-state index contributed by atoms with van der Waals surface area (Å²) in [4.78, 5) is 13.0. The van der Waals surface area contributed by atoms with Crippen LogP contribution in [0.4, 0.5) is 0 Å². The van der Waals surface area contributed by atoms with Gasteiger partial charge in [0.1, 0.15) is 11.9 Å². The molecule has 3 nitrogen and oxygen atoms in total. The monoisotopic (exact) mass is 331 g/mol. The maximum atomic E-state index is 12.0. The Morgan fingerprint density at radius 3 is 2.45 bits per heavy atom. The number of nitrogens with zero attached hydrogens (tertiary/aromatic N) is 1. The number of hydrogen-bond acceptors (Lipinski definition) is 4. The molecule has 2 aromatic carbocycles. The van der Waals surface area contributed by atoms with Gasteiger partial charge in [0.25, 0.3) is 0 Å². The molecule has 22 heavy (non-hydrogen) atoms. The molecule has 0 saturated heterocycles. The highest BCUT2D eigenvalue weighted by molar-refractivity contribution is 8.00. The van der Waals surface area contributed by atoms with Crippen molar-refractivity contribution >= 4 is 29.3 Å². The molecule has 0 bridgehead atoms. The van der Waals surface area contributed by atoms with E-state index in [0.717, 1.165) is 10.5 Å². The van der Waals surface area contributed by atoms with Gasteiger partial charge in [-0.2, -0.15) is 5.26 Å². The van der Waals surface area contributed by atoms with Gasteiger partial charge in [0.2, 0.25) is 0 Å². The van der Waals surface area contributed by atoms with Crippen molar-refractivity contribution in [3.63, 3.8) is 0 Å². The lowest BCUT2D eigenvalue weighted by atomic mass is 10.2. The normalized spacial score (nSPS) is 11.5. The highest BCUT2D eigenvalue weighted by Crippen LogP contribution is 2.25. The zero-order chi connectivity index (χ0) is 15.9. The van der Waals surface area contributed by atoms with Crippen molar-refractivity contribution in [3.8, 4) is 6.07 Å². The van der Waals surface area contributed by atoms with E-state index in [4.69, 9.17) is 21.6 Å². The summed E-state index contributed by atoms with van der Waals surface area (Å²) in [7, 11) is 0. The van der Waals surface area contributed by atoms with Crippen LogP contribution in [-0.4, -0.2) is 11.2 Å². The van der Waals surface area contributed by atoms with Crippen LogP contribution in [-0.2, 0) is 16.1 Å². The van der Waals surface area contributed by atoms with E-state index in [-0.39, 0.29) is 17.8 Å². The van der Waals surface area contributed by atoms with Crippen LogP contribution in [0.15, 0.2) is 53.4 Å². The molecule has 1 atom stereocenters. The quantitative estimate of drug-likeness (QED) is 0.600. The fourth-order valence-electron chi connectivity index (χ4n) is 1.71. The lowest BCUT2D eigenvalue weighted by molar-refractivity contribution is -0.143. The predicted molar refractivity (Wildman–Crippen MR) is 87.7 cm³/mol. The van der Waals surface area contributed by atoms with Gasteiger partial charge in [-0.1, -0.05) is 23.7 Å². The molecule has 0 fully saturated rings. The van der Waals surface area contributed by atoms with Crippen molar-refractivity contribution in [1.82, 2.24) is 0 Å². The van der Waals surface area contributed by atoms with Crippen molar-refractivity contribution in [2.45, 2.75) is 23.7 Å². The lowest BCUT2D eigenvalue weighted by Gasteiger charge is -2.11. The summed E-state index contributed by atoms with van der Waals surface area (Å²) in [5.74, 6) is -0.274. The number of ether oxygens (including phenoxy) is 1. The lowest BCUT2D eigenvalue weighted by Crippen LogP contribution is -2.16. The van der Waals surface area contributed by atoms with Crippen LogP contribution in [0, 0.1) is 11.3 Å². The minimum absolute atomic E-state index is 0.204. The molecule has 0 aliphatic carbocycles. The van der Waals surface area contributed by atoms with Crippen LogP contribution in [0.3, 0.4) is 0 Å². The number of carbonyl (C=O) groups is 1. The molecule has 2 aromatic rings. The zero-order valence-corrected chi connectivity index (χ0v) is 13.5. The summed E-state index contributed by atoms with van der Waals surface area (Å²) >= 11 is 7.25. The molecule has 0 spiro atoms. The number of nitriles is 1. The molecule has 0 unspecified atom stereocenters. The summed E-state index contributed by atoms with van der Waals surface area (Å²) in [5.41, 5.74) is 1.44. The summed E-state index contributed by atoms with van der Waals surface area (Å²) in [6.07, 6.45) is 0. The number of halogens is 1. The molecule has 5 heteroatoms. The Morgan fingerprint density at radius 1 is 1.23 bits per heavy atom. The molecule has 0 aliphatic heterocycles. The molecule has 0 saturated carbocycles. The Balaban J connectivity index is 1.85. The van der Waals surface area contributed by atoms with Crippen molar-refractivity contribution in [1.29, 1.82) is 5.26 Å². The fraction of sp³-hybridized carbons (Fsp3) is 0.176. The molecule has 0 radical (unpaired) electrons. The van der Waals surface area contributed by atoms with Gasteiger partial charge in [0, 0.05) is 9.92 Å². The number of carbonyl (C=O) groups excluding carboxylic acids is 1. The van der Waals surface area contributed by atoms with Gasteiger partial charge in [-0.3, -0.25) is 4.79 Å². The molecule has 0 aromatic heterocycles. The summed E-state index contributed by atoms with van der Waals surface area (Å²) in [6.45, 7) is 2.01. The fourth-order valence-corrected chi connectivity index (χ4v) is 2.70. The highest BCUT2D eigenvalue weighted by atomic mass is 35.5. The summed E-state index contributed by atoms with van der Waals surface area (Å²) in [5, 5.41) is 9.09. The molecule has 0 aliphatic rings. The van der Waals surface area contributed by atoms with Gasteiger partial charge < -0.3 is 4.74 Å². The van der Waals surface area contributed by atoms with E-state index in [9.17, 15) is 4.79 Å². The second-order valence-corrected chi connectivity index (χ2v) is 6.48. The molecule has 112 valence electrons. The molecule has 0 N–H and O–H groups in total. The first kappa shape index (κ1) is 16.4. The first-order valence-corrected chi connectivity index (χ1v) is 7.92. The molecule has 2 rings (SSSR count). The maximum absolute atomic E-state index is 12.0. The van der Waals surface area contributed by atoms with Gasteiger partial charge in [-0.05, 0) is 48.9 Å². The smallest absolute Gasteiger partial charge is 0.319 e. The maximum Gasteiger partial charge on any atom is 0.319 e. The Bertz CT molecular complexity index is 677. The van der Waals surface area contributed by atoms with Crippen molar-refractivity contribution in [2.75, 3.05) is 0 Å². The van der Waals surface area contributed by atoms with Gasteiger partial charge in [0.05, 0.1) is 11.6 Å². The second kappa shape index (κ2) is 7.88. The van der Waals surface area contributed by atoms with Crippen molar-refractivity contribution < 1.29 is 9.53 Å².